The number of thiazole rings is 1. The van der Waals surface area contributed by atoms with Crippen molar-refractivity contribution in [3.8, 4) is 16.3 Å². The van der Waals surface area contributed by atoms with Crippen molar-refractivity contribution in [2.24, 2.45) is 0 Å². The molecule has 0 atom stereocenters. The Labute approximate surface area is 128 Å². The molecule has 1 N–H and O–H groups in total. The van der Waals surface area contributed by atoms with Gasteiger partial charge in [-0.3, -0.25) is 0 Å². The second-order valence-electron chi connectivity index (χ2n) is 4.68. The first-order valence-electron chi connectivity index (χ1n) is 7.17. The van der Waals surface area contributed by atoms with Crippen LogP contribution < -0.4 is 10.1 Å². The van der Waals surface area contributed by atoms with Crippen molar-refractivity contribution in [1.82, 2.24) is 10.3 Å². The third-order valence-corrected chi connectivity index (χ3v) is 4.27. The Hall–Kier alpha value is -1.91. The van der Waals surface area contributed by atoms with Gasteiger partial charge in [0.15, 0.2) is 0 Å². The number of rotatable bonds is 6. The number of fused-ring (bicyclic) bond motifs is 1. The predicted molar refractivity (Wildman–Crippen MR) is 89.1 cm³/mol. The van der Waals surface area contributed by atoms with Crippen LogP contribution in [0.4, 0.5) is 0 Å². The van der Waals surface area contributed by atoms with Gasteiger partial charge in [0.05, 0.1) is 15.8 Å². The Balaban J connectivity index is 1.87. The minimum Gasteiger partial charge on any atom is -0.492 e. The molecule has 21 heavy (non-hydrogen) atoms. The summed E-state index contributed by atoms with van der Waals surface area (Å²) >= 11 is 1.70. The second-order valence-corrected chi connectivity index (χ2v) is 5.72. The van der Waals surface area contributed by atoms with Gasteiger partial charge >= 0.3 is 0 Å². The van der Waals surface area contributed by atoms with E-state index in [0.717, 1.165) is 34.9 Å². The fourth-order valence-electron chi connectivity index (χ4n) is 2.17. The second kappa shape index (κ2) is 6.70. The lowest BCUT2D eigenvalue weighted by Gasteiger charge is -2.09. The predicted octanol–water partition coefficient (Wildman–Crippen LogP) is 3.95. The summed E-state index contributed by atoms with van der Waals surface area (Å²) in [4.78, 5) is 4.71. The van der Waals surface area contributed by atoms with Crippen LogP contribution in [-0.4, -0.2) is 24.7 Å². The van der Waals surface area contributed by atoms with Gasteiger partial charge in [0, 0.05) is 6.54 Å². The Morgan fingerprint density at radius 3 is 2.76 bits per heavy atom. The van der Waals surface area contributed by atoms with E-state index < -0.39 is 0 Å². The van der Waals surface area contributed by atoms with Gasteiger partial charge in [0.25, 0.3) is 0 Å². The van der Waals surface area contributed by atoms with Gasteiger partial charge in [0.1, 0.15) is 17.4 Å². The van der Waals surface area contributed by atoms with E-state index in [4.69, 9.17) is 9.72 Å². The first-order valence-corrected chi connectivity index (χ1v) is 7.98. The van der Waals surface area contributed by atoms with E-state index >= 15 is 0 Å². The van der Waals surface area contributed by atoms with Crippen molar-refractivity contribution in [3.63, 3.8) is 0 Å². The largest absolute Gasteiger partial charge is 0.492 e. The molecule has 1 aromatic heterocycles. The van der Waals surface area contributed by atoms with E-state index in [1.54, 1.807) is 11.3 Å². The molecule has 0 fully saturated rings. The van der Waals surface area contributed by atoms with Gasteiger partial charge < -0.3 is 10.1 Å². The summed E-state index contributed by atoms with van der Waals surface area (Å²) in [6, 6.07) is 16.3. The normalized spacial score (nSPS) is 10.9. The van der Waals surface area contributed by atoms with Gasteiger partial charge in [-0.15, -0.1) is 11.3 Å². The monoisotopic (exact) mass is 298 g/mol. The smallest absolute Gasteiger partial charge is 0.129 e. The standard InChI is InChI=1S/C17H18N2OS/c1-2-18-11-12-20-15-9-5-3-7-13(15)17-19-14-8-4-6-10-16(14)21-17/h3-10,18H,2,11-12H2,1H3. The number of hydrogen-bond donors (Lipinski definition) is 1. The molecule has 2 aromatic carbocycles. The van der Waals surface area contributed by atoms with Gasteiger partial charge in [-0.2, -0.15) is 0 Å². The number of aromatic nitrogens is 1. The maximum atomic E-state index is 5.89. The van der Waals surface area contributed by atoms with Crippen LogP contribution in [0.25, 0.3) is 20.8 Å². The molecule has 0 aliphatic carbocycles. The molecule has 0 amide bonds. The van der Waals surface area contributed by atoms with Gasteiger partial charge in [-0.1, -0.05) is 31.2 Å². The highest BCUT2D eigenvalue weighted by molar-refractivity contribution is 7.21. The number of hydrogen-bond acceptors (Lipinski definition) is 4. The number of benzene rings is 2. The van der Waals surface area contributed by atoms with Crippen molar-refractivity contribution < 1.29 is 4.74 Å². The zero-order valence-corrected chi connectivity index (χ0v) is 12.8. The van der Waals surface area contributed by atoms with Crippen LogP contribution in [0.2, 0.25) is 0 Å². The highest BCUT2D eigenvalue weighted by Gasteiger charge is 2.10. The van der Waals surface area contributed by atoms with E-state index in [1.165, 1.54) is 4.70 Å². The highest BCUT2D eigenvalue weighted by atomic mass is 32.1. The van der Waals surface area contributed by atoms with E-state index in [-0.39, 0.29) is 0 Å². The molecule has 0 aliphatic heterocycles. The molecule has 0 saturated heterocycles. The molecule has 0 unspecified atom stereocenters. The van der Waals surface area contributed by atoms with Crippen LogP contribution in [0.1, 0.15) is 6.92 Å². The molecular weight excluding hydrogens is 280 g/mol. The summed E-state index contributed by atoms with van der Waals surface area (Å²) in [5.41, 5.74) is 2.11. The van der Waals surface area contributed by atoms with Crippen LogP contribution in [0, 0.1) is 0 Å². The zero-order valence-electron chi connectivity index (χ0n) is 12.0. The van der Waals surface area contributed by atoms with Crippen LogP contribution in [0.5, 0.6) is 5.75 Å². The highest BCUT2D eigenvalue weighted by Crippen LogP contribution is 2.35. The molecule has 0 saturated carbocycles. The average Bonchev–Trinajstić information content (AvgIpc) is 2.96. The van der Waals surface area contributed by atoms with E-state index in [1.807, 2.05) is 36.4 Å². The molecule has 3 nitrogen and oxygen atoms in total. The molecule has 0 spiro atoms. The van der Waals surface area contributed by atoms with Crippen LogP contribution in [0.3, 0.4) is 0 Å². The summed E-state index contributed by atoms with van der Waals surface area (Å²) in [5.74, 6) is 0.898. The summed E-state index contributed by atoms with van der Waals surface area (Å²) < 4.78 is 7.10. The van der Waals surface area contributed by atoms with Crippen molar-refractivity contribution in [3.05, 3.63) is 48.5 Å². The van der Waals surface area contributed by atoms with Crippen molar-refractivity contribution in [1.29, 1.82) is 0 Å². The molecule has 3 aromatic rings. The number of nitrogens with zero attached hydrogens (tertiary/aromatic N) is 1. The van der Waals surface area contributed by atoms with E-state index in [9.17, 15) is 0 Å². The number of para-hydroxylation sites is 2. The minimum absolute atomic E-state index is 0.662. The Morgan fingerprint density at radius 1 is 1.10 bits per heavy atom. The molecule has 0 bridgehead atoms. The SMILES string of the molecule is CCNCCOc1ccccc1-c1nc2ccccc2s1. The van der Waals surface area contributed by atoms with Crippen molar-refractivity contribution in [2.75, 3.05) is 19.7 Å². The lowest BCUT2D eigenvalue weighted by atomic mass is 10.2. The third-order valence-electron chi connectivity index (χ3n) is 3.20. The average molecular weight is 298 g/mol. The first-order chi connectivity index (χ1) is 10.4. The fourth-order valence-corrected chi connectivity index (χ4v) is 3.16. The fraction of sp³-hybridized carbons (Fsp3) is 0.235. The summed E-state index contributed by atoms with van der Waals surface area (Å²) in [6.45, 7) is 4.57. The third kappa shape index (κ3) is 3.23. The molecular formula is C17H18N2OS. The lowest BCUT2D eigenvalue weighted by molar-refractivity contribution is 0.316. The molecule has 1 heterocycles. The summed E-state index contributed by atoms with van der Waals surface area (Å²) in [6.07, 6.45) is 0. The quantitative estimate of drug-likeness (QED) is 0.700. The van der Waals surface area contributed by atoms with Crippen LogP contribution in [-0.2, 0) is 0 Å². The molecule has 4 heteroatoms. The molecule has 0 radical (unpaired) electrons. The van der Waals surface area contributed by atoms with Crippen molar-refractivity contribution >= 4 is 21.6 Å². The summed E-state index contributed by atoms with van der Waals surface area (Å²) in [7, 11) is 0. The van der Waals surface area contributed by atoms with Crippen LogP contribution in [0.15, 0.2) is 48.5 Å². The first kappa shape index (κ1) is 14.0. The van der Waals surface area contributed by atoms with Gasteiger partial charge in [0.2, 0.25) is 0 Å². The Kier molecular flexibility index (Phi) is 4.48. The van der Waals surface area contributed by atoms with E-state index in [0.29, 0.717) is 6.61 Å². The zero-order chi connectivity index (χ0) is 14.5. The van der Waals surface area contributed by atoms with Crippen LogP contribution >= 0.6 is 11.3 Å². The van der Waals surface area contributed by atoms with Crippen molar-refractivity contribution in [2.45, 2.75) is 6.92 Å². The maximum Gasteiger partial charge on any atom is 0.129 e. The lowest BCUT2D eigenvalue weighted by Crippen LogP contribution is -2.20. The Bertz CT molecular complexity index is 690. The van der Waals surface area contributed by atoms with E-state index in [2.05, 4.69) is 24.4 Å². The van der Waals surface area contributed by atoms with Gasteiger partial charge in [-0.05, 0) is 30.8 Å². The molecule has 0 aliphatic rings. The Morgan fingerprint density at radius 2 is 1.90 bits per heavy atom. The minimum atomic E-state index is 0.662. The number of nitrogens with one attached hydrogen (secondary N) is 1. The topological polar surface area (TPSA) is 34.1 Å². The molecule has 108 valence electrons. The summed E-state index contributed by atoms with van der Waals surface area (Å²) in [5, 5.41) is 4.27. The van der Waals surface area contributed by atoms with Gasteiger partial charge in [-0.25, -0.2) is 4.98 Å². The maximum absolute atomic E-state index is 5.89. The number of ether oxygens (including phenoxy) is 1. The molecule has 3 rings (SSSR count). The number of likely N-dealkylation sites (N-methyl/N-ethyl adjacent to an activating group) is 1.